The Bertz CT molecular complexity index is 1020. The lowest BCUT2D eigenvalue weighted by Gasteiger charge is -2.18. The molecule has 2 amide bonds. The summed E-state index contributed by atoms with van der Waals surface area (Å²) < 4.78 is 1.83. The van der Waals surface area contributed by atoms with Crippen molar-refractivity contribution in [2.24, 2.45) is 0 Å². The fourth-order valence-electron chi connectivity index (χ4n) is 3.43. The van der Waals surface area contributed by atoms with Crippen LogP contribution in [-0.4, -0.2) is 22.4 Å². The van der Waals surface area contributed by atoms with Crippen molar-refractivity contribution in [2.75, 3.05) is 17.2 Å². The van der Waals surface area contributed by atoms with Gasteiger partial charge in [0, 0.05) is 23.7 Å². The molecule has 158 valence electrons. The average Bonchev–Trinajstić information content (AvgIpc) is 3.12. The SMILES string of the molecule is CC(C)(C)c1cc(NC(=O)Nc2ccccc2)n(-c2ccc3c(c2)CCNC3)n1.Cl. The van der Waals surface area contributed by atoms with Crippen LogP contribution in [0.2, 0.25) is 0 Å². The van der Waals surface area contributed by atoms with Gasteiger partial charge < -0.3 is 10.6 Å². The van der Waals surface area contributed by atoms with Crippen LogP contribution in [0.3, 0.4) is 0 Å². The molecule has 0 atom stereocenters. The van der Waals surface area contributed by atoms with E-state index in [0.29, 0.717) is 5.82 Å². The molecule has 0 saturated carbocycles. The number of para-hydroxylation sites is 1. The molecule has 1 aliphatic heterocycles. The zero-order valence-electron chi connectivity index (χ0n) is 17.5. The summed E-state index contributed by atoms with van der Waals surface area (Å²) in [7, 11) is 0. The van der Waals surface area contributed by atoms with Crippen molar-refractivity contribution in [1.82, 2.24) is 15.1 Å². The maximum Gasteiger partial charge on any atom is 0.324 e. The minimum absolute atomic E-state index is 0. The third kappa shape index (κ3) is 4.83. The van der Waals surface area contributed by atoms with E-state index < -0.39 is 0 Å². The molecular weight excluding hydrogens is 398 g/mol. The second kappa shape index (κ2) is 8.90. The fraction of sp³-hybridized carbons (Fsp3) is 0.304. The number of aromatic nitrogens is 2. The quantitative estimate of drug-likeness (QED) is 0.560. The number of halogens is 1. The number of fused-ring (bicyclic) bond motifs is 1. The number of hydrogen-bond acceptors (Lipinski definition) is 3. The lowest BCUT2D eigenvalue weighted by atomic mass is 9.92. The number of carbonyl (C=O) groups excluding carboxylic acids is 1. The molecule has 1 aromatic heterocycles. The summed E-state index contributed by atoms with van der Waals surface area (Å²) in [6, 6.07) is 17.4. The lowest BCUT2D eigenvalue weighted by Crippen LogP contribution is -2.24. The molecule has 30 heavy (non-hydrogen) atoms. The number of hydrogen-bond donors (Lipinski definition) is 3. The van der Waals surface area contributed by atoms with Gasteiger partial charge in [-0.1, -0.05) is 45.0 Å². The minimum Gasteiger partial charge on any atom is -0.312 e. The standard InChI is InChI=1S/C23H27N5O.ClH/c1-23(2,3)20-14-21(26-22(29)25-18-7-5-4-6-8-18)28(27-20)19-10-9-17-15-24-12-11-16(17)13-19;/h4-10,13-14,24H,11-12,15H2,1-3H3,(H2,25,26,29);1H. The highest BCUT2D eigenvalue weighted by atomic mass is 35.5. The summed E-state index contributed by atoms with van der Waals surface area (Å²) in [5.74, 6) is 0.650. The van der Waals surface area contributed by atoms with E-state index >= 15 is 0 Å². The smallest absolute Gasteiger partial charge is 0.312 e. The third-order valence-electron chi connectivity index (χ3n) is 5.07. The van der Waals surface area contributed by atoms with Crippen LogP contribution in [-0.2, 0) is 18.4 Å². The van der Waals surface area contributed by atoms with E-state index in [0.717, 1.165) is 36.6 Å². The van der Waals surface area contributed by atoms with Crippen molar-refractivity contribution >= 4 is 29.9 Å². The molecule has 0 unspecified atom stereocenters. The first kappa shape index (κ1) is 21.9. The number of carbonyl (C=O) groups is 1. The fourth-order valence-corrected chi connectivity index (χ4v) is 3.43. The second-order valence-electron chi connectivity index (χ2n) is 8.40. The second-order valence-corrected chi connectivity index (χ2v) is 8.40. The summed E-state index contributed by atoms with van der Waals surface area (Å²) in [5, 5.41) is 14.1. The highest BCUT2D eigenvalue weighted by Gasteiger charge is 2.22. The molecule has 7 heteroatoms. The number of nitrogens with zero attached hydrogens (tertiary/aromatic N) is 2. The number of nitrogens with one attached hydrogen (secondary N) is 3. The monoisotopic (exact) mass is 425 g/mol. The molecule has 4 rings (SSSR count). The molecule has 3 aromatic rings. The van der Waals surface area contributed by atoms with Gasteiger partial charge in [-0.15, -0.1) is 12.4 Å². The minimum atomic E-state index is -0.292. The zero-order chi connectivity index (χ0) is 20.4. The van der Waals surface area contributed by atoms with Gasteiger partial charge in [0.1, 0.15) is 5.82 Å². The first-order valence-corrected chi connectivity index (χ1v) is 9.97. The highest BCUT2D eigenvalue weighted by Crippen LogP contribution is 2.28. The Labute approximate surface area is 183 Å². The third-order valence-corrected chi connectivity index (χ3v) is 5.07. The van der Waals surface area contributed by atoms with E-state index in [2.05, 4.69) is 54.9 Å². The number of urea groups is 1. The summed E-state index contributed by atoms with van der Waals surface area (Å²) in [5.41, 5.74) is 5.14. The van der Waals surface area contributed by atoms with Crippen LogP contribution in [0.15, 0.2) is 54.6 Å². The van der Waals surface area contributed by atoms with Gasteiger partial charge in [-0.3, -0.25) is 5.32 Å². The number of amides is 2. The van der Waals surface area contributed by atoms with Gasteiger partial charge >= 0.3 is 6.03 Å². The van der Waals surface area contributed by atoms with E-state index in [9.17, 15) is 4.79 Å². The summed E-state index contributed by atoms with van der Waals surface area (Å²) in [6.45, 7) is 8.23. The molecule has 0 radical (unpaired) electrons. The Morgan fingerprint density at radius 2 is 1.80 bits per heavy atom. The van der Waals surface area contributed by atoms with Crippen molar-refractivity contribution in [3.8, 4) is 5.69 Å². The molecule has 2 heterocycles. The predicted molar refractivity (Wildman–Crippen MR) is 124 cm³/mol. The topological polar surface area (TPSA) is 71.0 Å². The summed E-state index contributed by atoms with van der Waals surface area (Å²) in [6.07, 6.45) is 0.994. The largest absolute Gasteiger partial charge is 0.324 e. The van der Waals surface area contributed by atoms with Crippen LogP contribution in [0.4, 0.5) is 16.3 Å². The Kier molecular flexibility index (Phi) is 6.48. The van der Waals surface area contributed by atoms with Crippen molar-refractivity contribution in [2.45, 2.75) is 39.2 Å². The molecule has 0 saturated heterocycles. The highest BCUT2D eigenvalue weighted by molar-refractivity contribution is 5.99. The predicted octanol–water partition coefficient (Wildman–Crippen LogP) is 4.88. The van der Waals surface area contributed by atoms with E-state index in [1.165, 1.54) is 11.1 Å². The molecule has 0 aliphatic carbocycles. The Morgan fingerprint density at radius 1 is 1.03 bits per heavy atom. The maximum absolute atomic E-state index is 12.6. The van der Waals surface area contributed by atoms with Gasteiger partial charge in [-0.2, -0.15) is 5.10 Å². The Balaban J connectivity index is 0.00000256. The van der Waals surface area contributed by atoms with Gasteiger partial charge in [-0.05, 0) is 48.4 Å². The van der Waals surface area contributed by atoms with Gasteiger partial charge in [0.2, 0.25) is 0 Å². The van der Waals surface area contributed by atoms with Crippen LogP contribution in [0, 0.1) is 0 Å². The van der Waals surface area contributed by atoms with Gasteiger partial charge in [-0.25, -0.2) is 9.48 Å². The molecule has 0 fully saturated rings. The number of rotatable bonds is 3. The van der Waals surface area contributed by atoms with Gasteiger partial charge in [0.15, 0.2) is 0 Å². The molecule has 6 nitrogen and oxygen atoms in total. The van der Waals surface area contributed by atoms with Gasteiger partial charge in [0.05, 0.1) is 11.4 Å². The van der Waals surface area contributed by atoms with Crippen LogP contribution in [0.5, 0.6) is 0 Å². The molecular formula is C23H28ClN5O. The molecule has 0 spiro atoms. The van der Waals surface area contributed by atoms with Gasteiger partial charge in [0.25, 0.3) is 0 Å². The first-order valence-electron chi connectivity index (χ1n) is 9.97. The molecule has 3 N–H and O–H groups in total. The number of anilines is 2. The summed E-state index contributed by atoms with van der Waals surface area (Å²) >= 11 is 0. The van der Waals surface area contributed by atoms with Crippen LogP contribution >= 0.6 is 12.4 Å². The van der Waals surface area contributed by atoms with E-state index in [1.807, 2.05) is 41.1 Å². The lowest BCUT2D eigenvalue weighted by molar-refractivity contribution is 0.262. The van der Waals surface area contributed by atoms with Crippen LogP contribution in [0.1, 0.15) is 37.6 Å². The van der Waals surface area contributed by atoms with Crippen LogP contribution < -0.4 is 16.0 Å². The molecule has 2 aromatic carbocycles. The number of benzene rings is 2. The molecule has 1 aliphatic rings. The average molecular weight is 426 g/mol. The van der Waals surface area contributed by atoms with Crippen molar-refractivity contribution in [1.29, 1.82) is 0 Å². The first-order chi connectivity index (χ1) is 13.9. The maximum atomic E-state index is 12.6. The Morgan fingerprint density at radius 3 is 2.53 bits per heavy atom. The summed E-state index contributed by atoms with van der Waals surface area (Å²) in [4.78, 5) is 12.6. The molecule has 0 bridgehead atoms. The van der Waals surface area contributed by atoms with Crippen molar-refractivity contribution in [3.05, 3.63) is 71.4 Å². The van der Waals surface area contributed by atoms with Crippen molar-refractivity contribution in [3.63, 3.8) is 0 Å². The Hall–Kier alpha value is -2.83. The van der Waals surface area contributed by atoms with E-state index in [-0.39, 0.29) is 23.9 Å². The van der Waals surface area contributed by atoms with E-state index in [1.54, 1.807) is 0 Å². The zero-order valence-corrected chi connectivity index (χ0v) is 18.3. The van der Waals surface area contributed by atoms with Crippen molar-refractivity contribution < 1.29 is 4.79 Å². The van der Waals surface area contributed by atoms with Crippen LogP contribution in [0.25, 0.3) is 5.69 Å². The van der Waals surface area contributed by atoms with E-state index in [4.69, 9.17) is 5.10 Å². The normalized spacial score (nSPS) is 13.2.